The minimum absolute atomic E-state index is 0. The van der Waals surface area contributed by atoms with Gasteiger partial charge in [0.2, 0.25) is 0 Å². The average Bonchev–Trinajstić information content (AvgIpc) is 3.28. The third kappa shape index (κ3) is 5.70. The number of amides is 1. The molecule has 0 bridgehead atoms. The topological polar surface area (TPSA) is 29.1 Å². The van der Waals surface area contributed by atoms with Gasteiger partial charge in [0.15, 0.2) is 0 Å². The van der Waals surface area contributed by atoms with Gasteiger partial charge in [-0.25, -0.2) is 0 Å². The maximum absolute atomic E-state index is 14.0. The van der Waals surface area contributed by atoms with Crippen molar-refractivity contribution in [3.05, 3.63) is 156 Å². The van der Waals surface area contributed by atoms with Crippen LogP contribution in [0.1, 0.15) is 31.3 Å². The van der Waals surface area contributed by atoms with E-state index >= 15 is 0 Å². The molecule has 0 radical (unpaired) electrons. The molecule has 0 aliphatic heterocycles. The zero-order valence-electron chi connectivity index (χ0n) is 21.5. The number of rotatable bonds is 6. The molecule has 0 unspecified atom stereocenters. The molecule has 2 nitrogen and oxygen atoms in total. The Morgan fingerprint density at radius 1 is 0.615 bits per heavy atom. The number of nitrogens with one attached hydrogen (secondary N) is 1. The van der Waals surface area contributed by atoms with Crippen molar-refractivity contribution < 1.29 is 47.0 Å². The third-order valence-electron chi connectivity index (χ3n) is 7.37. The Morgan fingerprint density at radius 3 is 1.56 bits per heavy atom. The summed E-state index contributed by atoms with van der Waals surface area (Å²) in [6, 6.07) is 47.5. The Bertz CT molecular complexity index is 1480. The van der Waals surface area contributed by atoms with Crippen LogP contribution in [0.2, 0.25) is 0 Å². The van der Waals surface area contributed by atoms with Gasteiger partial charge in [0.1, 0.15) is 0 Å². The van der Waals surface area contributed by atoms with Crippen LogP contribution in [0.4, 0.5) is 0 Å². The second-order valence-electron chi connectivity index (χ2n) is 9.59. The molecule has 0 aromatic heterocycles. The first-order valence-corrected chi connectivity index (χ1v) is 18.9. The van der Waals surface area contributed by atoms with E-state index in [0.29, 0.717) is 0 Å². The average molecular weight is 601 g/mol. The molecule has 0 atom stereocenters. The summed E-state index contributed by atoms with van der Waals surface area (Å²) in [6.45, 7) is 0.229. The van der Waals surface area contributed by atoms with Crippen molar-refractivity contribution >= 4 is 22.9 Å². The SMILES string of the molecule is Cc1ccccc1C(=O)[NH][Ti+2]([CH]1c2ccccc2-c2ccccc21)[SiH](c1ccccc1)c1ccccc1.[Cl-].[Cl-]. The standard InChI is InChI=1S/C13H9.C12H11Si.C8H9NO.2ClH.Ti/c1-3-7-12-10(5-1)9-11-6-2-4-8-13(11)12;1-3-7-11(8-4-1)13-12-9-5-2-6-10-12;1-6-4-2-3-5-7(6)8(9)10;;;/h1-9H;1-10,13H;2-5H,1H3,(H2,9,10);2*1H;/q;;;;;+3/p-3. The smallest absolute Gasteiger partial charge is 1.00 e. The van der Waals surface area contributed by atoms with Crippen molar-refractivity contribution in [2.45, 2.75) is 11.1 Å². The van der Waals surface area contributed by atoms with Gasteiger partial charge in [-0.1, -0.05) is 0 Å². The van der Waals surface area contributed by atoms with Crippen molar-refractivity contribution in [3.63, 3.8) is 0 Å². The number of hydrogen-bond acceptors (Lipinski definition) is 1. The first-order chi connectivity index (χ1) is 18.2. The van der Waals surface area contributed by atoms with Crippen LogP contribution in [0, 0.1) is 6.92 Å². The van der Waals surface area contributed by atoms with E-state index in [1.165, 1.54) is 32.6 Å². The molecular weight excluding hydrogens is 573 g/mol. The number of fused-ring (bicyclic) bond motifs is 3. The molecule has 6 heteroatoms. The fourth-order valence-electron chi connectivity index (χ4n) is 5.67. The number of hydrogen-bond donors (Lipinski definition) is 1. The van der Waals surface area contributed by atoms with Gasteiger partial charge in [-0.15, -0.1) is 0 Å². The normalized spacial score (nSPS) is 11.5. The number of halogens is 2. The van der Waals surface area contributed by atoms with Crippen LogP contribution in [-0.2, 0) is 17.4 Å². The summed E-state index contributed by atoms with van der Waals surface area (Å²) < 4.78 is 4.02. The second kappa shape index (κ2) is 13.0. The van der Waals surface area contributed by atoms with Crippen LogP contribution < -0.4 is 39.0 Å². The second-order valence-corrected chi connectivity index (χ2v) is 19.8. The van der Waals surface area contributed by atoms with Crippen molar-refractivity contribution in [1.29, 1.82) is 0 Å². The Kier molecular flexibility index (Phi) is 9.66. The van der Waals surface area contributed by atoms with E-state index in [9.17, 15) is 4.79 Å². The number of carbonyl (C=O) groups is 1. The minimum atomic E-state index is -2.43. The van der Waals surface area contributed by atoms with Crippen molar-refractivity contribution in [1.82, 2.24) is 3.80 Å². The van der Waals surface area contributed by atoms with Crippen LogP contribution >= 0.6 is 0 Å². The largest absolute Gasteiger partial charge is 1.00 e. The van der Waals surface area contributed by atoms with Crippen LogP contribution in [0.3, 0.4) is 0 Å². The molecule has 1 amide bonds. The van der Waals surface area contributed by atoms with Crippen molar-refractivity contribution in [2.24, 2.45) is 0 Å². The molecule has 6 rings (SSSR count). The predicted molar refractivity (Wildman–Crippen MR) is 152 cm³/mol. The van der Waals surface area contributed by atoms with Gasteiger partial charge in [-0.2, -0.15) is 0 Å². The summed E-state index contributed by atoms with van der Waals surface area (Å²) in [5.74, 6) is 0.0688. The van der Waals surface area contributed by atoms with Crippen LogP contribution in [0.15, 0.2) is 133 Å². The van der Waals surface area contributed by atoms with Crippen molar-refractivity contribution in [3.8, 4) is 11.1 Å². The monoisotopic (exact) mass is 600 g/mol. The van der Waals surface area contributed by atoms with E-state index in [0.717, 1.165) is 11.1 Å². The molecule has 0 saturated carbocycles. The molecule has 1 N–H and O–H groups in total. The van der Waals surface area contributed by atoms with Crippen LogP contribution in [0.25, 0.3) is 11.1 Å². The Labute approximate surface area is 250 Å². The Balaban J connectivity index is 0.00000176. The first-order valence-electron chi connectivity index (χ1n) is 12.7. The number of aryl methyl sites for hydroxylation is 1. The van der Waals surface area contributed by atoms with E-state index in [4.69, 9.17) is 0 Å². The van der Waals surface area contributed by atoms with Gasteiger partial charge in [-0.3, -0.25) is 0 Å². The molecule has 39 heavy (non-hydrogen) atoms. The van der Waals surface area contributed by atoms with Crippen LogP contribution in [0.5, 0.6) is 0 Å². The zero-order valence-corrected chi connectivity index (χ0v) is 25.7. The first kappa shape index (κ1) is 29.1. The van der Waals surface area contributed by atoms with E-state index in [1.807, 2.05) is 31.2 Å². The van der Waals surface area contributed by atoms with Crippen LogP contribution in [-0.4, -0.2) is 12.6 Å². The molecule has 0 spiro atoms. The van der Waals surface area contributed by atoms with Gasteiger partial charge >= 0.3 is 227 Å². The number of carbonyl (C=O) groups excluding carboxylic acids is 1. The quantitative estimate of drug-likeness (QED) is 0.264. The molecular formula is C33H28Cl2NOSiTi. The third-order valence-corrected chi connectivity index (χ3v) is 20.8. The molecule has 1 aliphatic carbocycles. The minimum Gasteiger partial charge on any atom is -1.00 e. The molecule has 1 aliphatic rings. The maximum Gasteiger partial charge on any atom is -1.00 e. The van der Waals surface area contributed by atoms with Gasteiger partial charge < -0.3 is 24.8 Å². The van der Waals surface area contributed by atoms with E-state index < -0.39 is 24.0 Å². The molecule has 0 fully saturated rings. The molecule has 193 valence electrons. The summed E-state index contributed by atoms with van der Waals surface area (Å²) in [5.41, 5.74) is 7.16. The fraction of sp³-hybridized carbons (Fsp3) is 0.0606. The summed E-state index contributed by atoms with van der Waals surface area (Å²) >= 11 is -2.43. The molecule has 0 saturated heterocycles. The van der Waals surface area contributed by atoms with Gasteiger partial charge in [0.05, 0.1) is 0 Å². The molecule has 0 heterocycles. The Hall–Kier alpha value is -2.92. The van der Waals surface area contributed by atoms with Gasteiger partial charge in [-0.05, 0) is 0 Å². The summed E-state index contributed by atoms with van der Waals surface area (Å²) in [5, 5.41) is 2.80. The molecule has 5 aromatic rings. The number of benzene rings is 5. The van der Waals surface area contributed by atoms with E-state index in [2.05, 4.69) is 113 Å². The summed E-state index contributed by atoms with van der Waals surface area (Å²) in [4.78, 5) is 14.0. The fourth-order valence-corrected chi connectivity index (χ4v) is 20.6. The van der Waals surface area contributed by atoms with Gasteiger partial charge in [0, 0.05) is 0 Å². The Morgan fingerprint density at radius 2 is 1.05 bits per heavy atom. The predicted octanol–water partition coefficient (Wildman–Crippen LogP) is -0.426. The molecule has 5 aromatic carbocycles. The summed E-state index contributed by atoms with van der Waals surface area (Å²) in [6.07, 6.45) is 0. The maximum atomic E-state index is 14.0. The zero-order chi connectivity index (χ0) is 25.2. The summed E-state index contributed by atoms with van der Waals surface area (Å²) in [7, 11) is 0. The van der Waals surface area contributed by atoms with E-state index in [-0.39, 0.29) is 34.9 Å². The van der Waals surface area contributed by atoms with Gasteiger partial charge in [0.25, 0.3) is 0 Å². The van der Waals surface area contributed by atoms with Crippen molar-refractivity contribution in [2.75, 3.05) is 0 Å². The van der Waals surface area contributed by atoms with E-state index in [1.54, 1.807) is 0 Å².